The molecule has 1 atom stereocenters. The first kappa shape index (κ1) is 15.4. The SMILES string of the molecule is CC1(O)C=Cc2c(O)cc(CCc3ccc(O)cc3)cc2OC1. The van der Waals surface area contributed by atoms with Crippen LogP contribution in [0.3, 0.4) is 0 Å². The number of aliphatic hydroxyl groups is 1. The van der Waals surface area contributed by atoms with E-state index in [4.69, 9.17) is 4.74 Å². The van der Waals surface area contributed by atoms with Gasteiger partial charge in [-0.1, -0.05) is 12.1 Å². The predicted octanol–water partition coefficient (Wildman–Crippen LogP) is 3.04. The van der Waals surface area contributed by atoms with Crippen molar-refractivity contribution in [3.05, 3.63) is 59.2 Å². The lowest BCUT2D eigenvalue weighted by atomic mass is 10.0. The lowest BCUT2D eigenvalue weighted by molar-refractivity contribution is 0.0565. The van der Waals surface area contributed by atoms with Gasteiger partial charge in [0.2, 0.25) is 0 Å². The van der Waals surface area contributed by atoms with Crippen LogP contribution in [0.1, 0.15) is 23.6 Å². The van der Waals surface area contributed by atoms with Gasteiger partial charge in [0.15, 0.2) is 0 Å². The summed E-state index contributed by atoms with van der Waals surface area (Å²) in [7, 11) is 0. The topological polar surface area (TPSA) is 69.9 Å². The minimum Gasteiger partial charge on any atom is -0.508 e. The molecule has 0 spiro atoms. The molecule has 4 nitrogen and oxygen atoms in total. The number of phenols is 2. The molecule has 4 heteroatoms. The summed E-state index contributed by atoms with van der Waals surface area (Å²) in [5, 5.41) is 29.6. The molecule has 120 valence electrons. The largest absolute Gasteiger partial charge is 0.508 e. The van der Waals surface area contributed by atoms with Gasteiger partial charge in [0.25, 0.3) is 0 Å². The Kier molecular flexibility index (Phi) is 4.01. The van der Waals surface area contributed by atoms with E-state index >= 15 is 0 Å². The van der Waals surface area contributed by atoms with E-state index in [1.54, 1.807) is 37.3 Å². The molecular weight excluding hydrogens is 292 g/mol. The molecule has 3 N–H and O–H groups in total. The van der Waals surface area contributed by atoms with E-state index in [0.717, 1.165) is 24.0 Å². The van der Waals surface area contributed by atoms with Crippen LogP contribution in [0.2, 0.25) is 0 Å². The number of aromatic hydroxyl groups is 2. The van der Waals surface area contributed by atoms with Crippen molar-refractivity contribution in [3.8, 4) is 17.2 Å². The van der Waals surface area contributed by atoms with Crippen molar-refractivity contribution in [2.75, 3.05) is 6.61 Å². The van der Waals surface area contributed by atoms with Gasteiger partial charge in [-0.25, -0.2) is 0 Å². The zero-order valence-corrected chi connectivity index (χ0v) is 13.0. The molecule has 0 aromatic heterocycles. The van der Waals surface area contributed by atoms with E-state index in [2.05, 4.69) is 0 Å². The highest BCUT2D eigenvalue weighted by Crippen LogP contribution is 2.34. The van der Waals surface area contributed by atoms with Gasteiger partial charge in [-0.2, -0.15) is 0 Å². The van der Waals surface area contributed by atoms with Gasteiger partial charge in [0, 0.05) is 0 Å². The van der Waals surface area contributed by atoms with Crippen molar-refractivity contribution in [1.29, 1.82) is 0 Å². The van der Waals surface area contributed by atoms with Crippen molar-refractivity contribution < 1.29 is 20.1 Å². The number of phenolic OH excluding ortho intramolecular Hbond substituents is 2. The van der Waals surface area contributed by atoms with Gasteiger partial charge in [0.05, 0.1) is 5.56 Å². The molecule has 0 saturated heterocycles. The Morgan fingerprint density at radius 3 is 2.48 bits per heavy atom. The summed E-state index contributed by atoms with van der Waals surface area (Å²) < 4.78 is 5.65. The van der Waals surface area contributed by atoms with Crippen LogP contribution in [0, 0.1) is 0 Å². The minimum atomic E-state index is -1.04. The molecule has 0 fully saturated rings. The maximum absolute atomic E-state index is 10.2. The molecule has 3 rings (SSSR count). The Balaban J connectivity index is 1.78. The van der Waals surface area contributed by atoms with Crippen LogP contribution < -0.4 is 4.74 Å². The van der Waals surface area contributed by atoms with Crippen LogP contribution in [-0.4, -0.2) is 27.5 Å². The summed E-state index contributed by atoms with van der Waals surface area (Å²) in [4.78, 5) is 0. The minimum absolute atomic E-state index is 0.150. The van der Waals surface area contributed by atoms with Crippen LogP contribution in [0.4, 0.5) is 0 Å². The smallest absolute Gasteiger partial charge is 0.130 e. The molecule has 2 aromatic carbocycles. The zero-order chi connectivity index (χ0) is 16.4. The van der Waals surface area contributed by atoms with E-state index in [9.17, 15) is 15.3 Å². The highest BCUT2D eigenvalue weighted by atomic mass is 16.5. The lowest BCUT2D eigenvalue weighted by Crippen LogP contribution is -2.28. The highest BCUT2D eigenvalue weighted by Gasteiger charge is 2.22. The standard InChI is InChI=1S/C19H20O4/c1-19(22)9-8-16-17(21)10-14(11-18(16)23-12-19)3-2-13-4-6-15(20)7-5-13/h4-11,20-22H,2-3,12H2,1H3. The van der Waals surface area contributed by atoms with Crippen LogP contribution in [0.25, 0.3) is 6.08 Å². The molecule has 1 heterocycles. The summed E-state index contributed by atoms with van der Waals surface area (Å²) in [5.41, 5.74) is 1.62. The van der Waals surface area contributed by atoms with Crippen molar-refractivity contribution in [2.45, 2.75) is 25.4 Å². The molecule has 23 heavy (non-hydrogen) atoms. The van der Waals surface area contributed by atoms with Crippen molar-refractivity contribution >= 4 is 6.08 Å². The van der Waals surface area contributed by atoms with Gasteiger partial charge in [0.1, 0.15) is 29.5 Å². The Labute approximate surface area is 135 Å². The third kappa shape index (κ3) is 3.66. The second-order valence-electron chi connectivity index (χ2n) is 6.17. The maximum atomic E-state index is 10.2. The molecule has 0 amide bonds. The van der Waals surface area contributed by atoms with Crippen molar-refractivity contribution in [3.63, 3.8) is 0 Å². The highest BCUT2D eigenvalue weighted by molar-refractivity contribution is 5.66. The van der Waals surface area contributed by atoms with Crippen LogP contribution >= 0.6 is 0 Å². The summed E-state index contributed by atoms with van der Waals surface area (Å²) in [6.07, 6.45) is 4.87. The fraction of sp³-hybridized carbons (Fsp3) is 0.263. The third-order valence-electron chi connectivity index (χ3n) is 3.95. The monoisotopic (exact) mass is 312 g/mol. The maximum Gasteiger partial charge on any atom is 0.130 e. The Morgan fingerprint density at radius 2 is 1.74 bits per heavy atom. The number of benzene rings is 2. The summed E-state index contributed by atoms with van der Waals surface area (Å²) in [5.74, 6) is 0.987. The van der Waals surface area contributed by atoms with E-state index < -0.39 is 5.60 Å². The predicted molar refractivity (Wildman–Crippen MR) is 88.8 cm³/mol. The second-order valence-corrected chi connectivity index (χ2v) is 6.17. The average Bonchev–Trinajstić information content (AvgIpc) is 2.66. The van der Waals surface area contributed by atoms with E-state index in [-0.39, 0.29) is 18.1 Å². The van der Waals surface area contributed by atoms with Crippen LogP contribution in [0.15, 0.2) is 42.5 Å². The summed E-state index contributed by atoms with van der Waals surface area (Å²) in [6.45, 7) is 1.81. The molecule has 0 bridgehead atoms. The molecule has 1 aliphatic heterocycles. The normalized spacial score (nSPS) is 19.7. The number of hydrogen-bond acceptors (Lipinski definition) is 4. The van der Waals surface area contributed by atoms with Crippen LogP contribution in [-0.2, 0) is 12.8 Å². The van der Waals surface area contributed by atoms with E-state index in [1.807, 2.05) is 18.2 Å². The number of aryl methyl sites for hydroxylation is 2. The first-order valence-electron chi connectivity index (χ1n) is 7.61. The summed E-state index contributed by atoms with van der Waals surface area (Å²) in [6, 6.07) is 10.7. The van der Waals surface area contributed by atoms with E-state index in [1.165, 1.54) is 0 Å². The quantitative estimate of drug-likeness (QED) is 0.815. The van der Waals surface area contributed by atoms with Crippen LogP contribution in [0.5, 0.6) is 17.2 Å². The molecule has 1 unspecified atom stereocenters. The number of hydrogen-bond donors (Lipinski definition) is 3. The first-order valence-corrected chi connectivity index (χ1v) is 7.61. The van der Waals surface area contributed by atoms with Gasteiger partial charge in [-0.15, -0.1) is 0 Å². The van der Waals surface area contributed by atoms with E-state index in [0.29, 0.717) is 11.3 Å². The van der Waals surface area contributed by atoms with Crippen molar-refractivity contribution in [1.82, 2.24) is 0 Å². The molecule has 0 radical (unpaired) electrons. The molecular formula is C19H20O4. The summed E-state index contributed by atoms with van der Waals surface area (Å²) >= 11 is 0. The first-order chi connectivity index (χ1) is 10.9. The number of fused-ring (bicyclic) bond motifs is 1. The average molecular weight is 312 g/mol. The lowest BCUT2D eigenvalue weighted by Gasteiger charge is -2.17. The molecule has 1 aliphatic rings. The fourth-order valence-corrected chi connectivity index (χ4v) is 2.58. The van der Waals surface area contributed by atoms with Gasteiger partial charge >= 0.3 is 0 Å². The Morgan fingerprint density at radius 1 is 1.04 bits per heavy atom. The van der Waals surface area contributed by atoms with Gasteiger partial charge in [-0.05, 0) is 67.3 Å². The number of ether oxygens (including phenoxy) is 1. The molecule has 0 saturated carbocycles. The Hall–Kier alpha value is -2.46. The Bertz CT molecular complexity index is 730. The van der Waals surface area contributed by atoms with Crippen molar-refractivity contribution in [2.24, 2.45) is 0 Å². The molecule has 2 aromatic rings. The zero-order valence-electron chi connectivity index (χ0n) is 13.0. The van der Waals surface area contributed by atoms with Gasteiger partial charge in [-0.3, -0.25) is 0 Å². The number of rotatable bonds is 3. The molecule has 0 aliphatic carbocycles. The fourth-order valence-electron chi connectivity index (χ4n) is 2.58. The second kappa shape index (κ2) is 5.97. The third-order valence-corrected chi connectivity index (χ3v) is 3.95. The van der Waals surface area contributed by atoms with Gasteiger partial charge < -0.3 is 20.1 Å².